The number of nitrogens with zero attached hydrogens (tertiary/aromatic N) is 2. The second kappa shape index (κ2) is 9.71. The number of ether oxygens (including phenoxy) is 1. The molecule has 1 aliphatic heterocycles. The van der Waals surface area contributed by atoms with Gasteiger partial charge in [-0.15, -0.1) is 0 Å². The summed E-state index contributed by atoms with van der Waals surface area (Å²) in [6.07, 6.45) is 0. The first-order chi connectivity index (χ1) is 13.9. The maximum atomic E-state index is 12.9. The van der Waals surface area contributed by atoms with Gasteiger partial charge in [0, 0.05) is 26.2 Å². The van der Waals surface area contributed by atoms with Crippen LogP contribution in [0.1, 0.15) is 6.92 Å². The summed E-state index contributed by atoms with van der Waals surface area (Å²) in [4.78, 5) is 28.6. The largest absolute Gasteiger partial charge is 0.484 e. The highest BCUT2D eigenvalue weighted by atomic mass is 35.5. The highest BCUT2D eigenvalue weighted by molar-refractivity contribution is 6.33. The maximum Gasteiger partial charge on any atom is 0.260 e. The molecule has 0 aliphatic carbocycles. The van der Waals surface area contributed by atoms with Crippen molar-refractivity contribution >= 4 is 29.1 Å². The van der Waals surface area contributed by atoms with Gasteiger partial charge in [-0.05, 0) is 43.3 Å². The molecule has 0 saturated carbocycles. The SMILES string of the molecule is CC(C(=O)Nc1ccccc1Cl)N1CCN(C(=O)COc2ccc(F)cc2)CC1. The summed E-state index contributed by atoms with van der Waals surface area (Å²) >= 11 is 6.09. The maximum absolute atomic E-state index is 12.9. The smallest absolute Gasteiger partial charge is 0.260 e. The summed E-state index contributed by atoms with van der Waals surface area (Å²) in [5.41, 5.74) is 0.581. The van der Waals surface area contributed by atoms with E-state index in [1.54, 1.807) is 23.1 Å². The molecule has 8 heteroatoms. The molecule has 1 unspecified atom stereocenters. The third-order valence-corrected chi connectivity index (χ3v) is 5.23. The molecule has 2 amide bonds. The van der Waals surface area contributed by atoms with Crippen molar-refractivity contribution in [3.8, 4) is 5.75 Å². The van der Waals surface area contributed by atoms with E-state index in [-0.39, 0.29) is 30.3 Å². The van der Waals surface area contributed by atoms with Gasteiger partial charge in [0.1, 0.15) is 11.6 Å². The van der Waals surface area contributed by atoms with Crippen molar-refractivity contribution in [1.29, 1.82) is 0 Å². The lowest BCUT2D eigenvalue weighted by molar-refractivity contribution is -0.135. The summed E-state index contributed by atoms with van der Waals surface area (Å²) < 4.78 is 18.3. The molecule has 154 valence electrons. The van der Waals surface area contributed by atoms with Crippen LogP contribution in [0.2, 0.25) is 5.02 Å². The molecule has 1 fully saturated rings. The Morgan fingerprint density at radius 1 is 1.10 bits per heavy atom. The first-order valence-corrected chi connectivity index (χ1v) is 9.77. The van der Waals surface area contributed by atoms with Gasteiger partial charge >= 0.3 is 0 Å². The van der Waals surface area contributed by atoms with Gasteiger partial charge in [0.2, 0.25) is 5.91 Å². The number of benzene rings is 2. The molecule has 3 rings (SSSR count). The highest BCUT2D eigenvalue weighted by Crippen LogP contribution is 2.21. The molecule has 0 radical (unpaired) electrons. The van der Waals surface area contributed by atoms with Gasteiger partial charge < -0.3 is 15.0 Å². The highest BCUT2D eigenvalue weighted by Gasteiger charge is 2.27. The van der Waals surface area contributed by atoms with Gasteiger partial charge in [-0.1, -0.05) is 23.7 Å². The molecule has 1 N–H and O–H groups in total. The number of carbonyl (C=O) groups is 2. The summed E-state index contributed by atoms with van der Waals surface area (Å²) in [6.45, 7) is 3.92. The quantitative estimate of drug-likeness (QED) is 0.781. The van der Waals surface area contributed by atoms with Crippen LogP contribution in [0.4, 0.5) is 10.1 Å². The number of anilines is 1. The lowest BCUT2D eigenvalue weighted by Gasteiger charge is -2.37. The van der Waals surface area contributed by atoms with E-state index >= 15 is 0 Å². The number of hydrogen-bond acceptors (Lipinski definition) is 4. The van der Waals surface area contributed by atoms with Crippen molar-refractivity contribution in [1.82, 2.24) is 9.80 Å². The van der Waals surface area contributed by atoms with Crippen LogP contribution in [0.15, 0.2) is 48.5 Å². The molecule has 0 bridgehead atoms. The van der Waals surface area contributed by atoms with Crippen molar-refractivity contribution in [3.63, 3.8) is 0 Å². The summed E-state index contributed by atoms with van der Waals surface area (Å²) in [7, 11) is 0. The van der Waals surface area contributed by atoms with Crippen LogP contribution in [0.5, 0.6) is 5.75 Å². The lowest BCUT2D eigenvalue weighted by Crippen LogP contribution is -2.54. The minimum atomic E-state index is -0.354. The Kier molecular flexibility index (Phi) is 7.06. The number of halogens is 2. The number of amides is 2. The van der Waals surface area contributed by atoms with Crippen LogP contribution >= 0.6 is 11.6 Å². The first-order valence-electron chi connectivity index (χ1n) is 9.39. The Morgan fingerprint density at radius 2 is 1.76 bits per heavy atom. The van der Waals surface area contributed by atoms with E-state index in [4.69, 9.17) is 16.3 Å². The Morgan fingerprint density at radius 3 is 2.41 bits per heavy atom. The molecule has 1 aliphatic rings. The van der Waals surface area contributed by atoms with Crippen molar-refractivity contribution in [3.05, 3.63) is 59.4 Å². The monoisotopic (exact) mass is 419 g/mol. The van der Waals surface area contributed by atoms with Crippen molar-refractivity contribution in [2.24, 2.45) is 0 Å². The molecule has 6 nitrogen and oxygen atoms in total. The number of rotatable bonds is 6. The molecular weight excluding hydrogens is 397 g/mol. The van der Waals surface area contributed by atoms with E-state index < -0.39 is 0 Å². The van der Waals surface area contributed by atoms with Gasteiger partial charge in [-0.2, -0.15) is 0 Å². The fourth-order valence-corrected chi connectivity index (χ4v) is 3.27. The summed E-state index contributed by atoms with van der Waals surface area (Å²) in [5, 5.41) is 3.33. The zero-order chi connectivity index (χ0) is 20.8. The zero-order valence-corrected chi connectivity index (χ0v) is 16.9. The van der Waals surface area contributed by atoms with E-state index in [9.17, 15) is 14.0 Å². The summed E-state index contributed by atoms with van der Waals surface area (Å²) in [5.74, 6) is -0.185. The molecule has 1 atom stereocenters. The second-order valence-corrected chi connectivity index (χ2v) is 7.21. The van der Waals surface area contributed by atoms with Gasteiger partial charge in [0.05, 0.1) is 16.8 Å². The average molecular weight is 420 g/mol. The molecular formula is C21H23ClFN3O3. The van der Waals surface area contributed by atoms with Gasteiger partial charge in [0.25, 0.3) is 5.91 Å². The molecule has 1 saturated heterocycles. The van der Waals surface area contributed by atoms with E-state index in [1.165, 1.54) is 24.3 Å². The number of piperazine rings is 1. The van der Waals surface area contributed by atoms with Crippen LogP contribution in [-0.2, 0) is 9.59 Å². The predicted octanol–water partition coefficient (Wildman–Crippen LogP) is 3.03. The molecule has 29 heavy (non-hydrogen) atoms. The van der Waals surface area contributed by atoms with E-state index in [0.717, 1.165) is 0 Å². The zero-order valence-electron chi connectivity index (χ0n) is 16.1. The molecule has 0 spiro atoms. The van der Waals surface area contributed by atoms with E-state index in [0.29, 0.717) is 42.6 Å². The normalized spacial score (nSPS) is 15.6. The van der Waals surface area contributed by atoms with Crippen LogP contribution in [0, 0.1) is 5.82 Å². The van der Waals surface area contributed by atoms with Crippen molar-refractivity contribution in [2.45, 2.75) is 13.0 Å². The first kappa shape index (κ1) is 21.1. The van der Waals surface area contributed by atoms with E-state index in [2.05, 4.69) is 5.32 Å². The minimum absolute atomic E-state index is 0.103. The van der Waals surface area contributed by atoms with Gasteiger partial charge in [-0.3, -0.25) is 14.5 Å². The number of carbonyl (C=O) groups excluding carboxylic acids is 2. The van der Waals surface area contributed by atoms with Crippen LogP contribution < -0.4 is 10.1 Å². The van der Waals surface area contributed by atoms with Crippen LogP contribution in [0.25, 0.3) is 0 Å². The fourth-order valence-electron chi connectivity index (χ4n) is 3.09. The molecule has 2 aromatic carbocycles. The molecule has 1 heterocycles. The van der Waals surface area contributed by atoms with Gasteiger partial charge in [0.15, 0.2) is 6.61 Å². The third-order valence-electron chi connectivity index (χ3n) is 4.90. The third kappa shape index (κ3) is 5.68. The van der Waals surface area contributed by atoms with Crippen molar-refractivity contribution < 1.29 is 18.7 Å². The number of para-hydroxylation sites is 1. The topological polar surface area (TPSA) is 61.9 Å². The average Bonchev–Trinajstić information content (AvgIpc) is 2.74. The molecule has 2 aromatic rings. The van der Waals surface area contributed by atoms with Crippen LogP contribution in [-0.4, -0.2) is 60.4 Å². The lowest BCUT2D eigenvalue weighted by atomic mass is 10.2. The predicted molar refractivity (Wildman–Crippen MR) is 110 cm³/mol. The Labute approximate surface area is 174 Å². The Bertz CT molecular complexity index is 855. The Hall–Kier alpha value is -2.64. The van der Waals surface area contributed by atoms with E-state index in [1.807, 2.05) is 17.9 Å². The summed E-state index contributed by atoms with van der Waals surface area (Å²) in [6, 6.07) is 12.3. The van der Waals surface area contributed by atoms with Crippen LogP contribution in [0.3, 0.4) is 0 Å². The number of nitrogens with one attached hydrogen (secondary N) is 1. The number of hydrogen-bond donors (Lipinski definition) is 1. The molecule has 0 aromatic heterocycles. The second-order valence-electron chi connectivity index (χ2n) is 6.80. The van der Waals surface area contributed by atoms with Crippen molar-refractivity contribution in [2.75, 3.05) is 38.1 Å². The fraction of sp³-hybridized carbons (Fsp3) is 0.333. The standard InChI is InChI=1S/C21H23ClFN3O3/c1-15(21(28)24-19-5-3-2-4-18(19)22)25-10-12-26(13-11-25)20(27)14-29-17-8-6-16(23)7-9-17/h2-9,15H,10-14H2,1H3,(H,24,28). The van der Waals surface area contributed by atoms with Gasteiger partial charge in [-0.25, -0.2) is 4.39 Å². The Balaban J connectivity index is 1.45. The minimum Gasteiger partial charge on any atom is -0.484 e.